The van der Waals surface area contributed by atoms with Crippen molar-refractivity contribution in [3.05, 3.63) is 0 Å². The molecular formula is C8H16N2O. The van der Waals surface area contributed by atoms with Crippen LogP contribution in [0.15, 0.2) is 0 Å². The Morgan fingerprint density at radius 3 is 2.64 bits per heavy atom. The van der Waals surface area contributed by atoms with Gasteiger partial charge in [-0.3, -0.25) is 0 Å². The van der Waals surface area contributed by atoms with Crippen molar-refractivity contribution in [2.24, 2.45) is 5.92 Å². The van der Waals surface area contributed by atoms with Gasteiger partial charge in [0.1, 0.15) is 0 Å². The molecule has 2 unspecified atom stereocenters. The number of nitrogens with zero attached hydrogens (tertiary/aromatic N) is 1. The summed E-state index contributed by atoms with van der Waals surface area (Å²) >= 11 is 0. The van der Waals surface area contributed by atoms with Gasteiger partial charge >= 0.3 is 0 Å². The molecule has 0 aliphatic carbocycles. The highest BCUT2D eigenvalue weighted by atomic mass is 16.5. The molecule has 11 heavy (non-hydrogen) atoms. The molecule has 0 rings (SSSR count). The zero-order chi connectivity index (χ0) is 8.69. The van der Waals surface area contributed by atoms with Gasteiger partial charge in [-0.25, -0.2) is 0 Å². The Balaban J connectivity index is 3.31. The van der Waals surface area contributed by atoms with Gasteiger partial charge in [-0.2, -0.15) is 5.26 Å². The molecule has 0 aliphatic rings. The Morgan fingerprint density at radius 1 is 1.55 bits per heavy atom. The molecule has 0 fully saturated rings. The van der Waals surface area contributed by atoms with Crippen LogP contribution >= 0.6 is 0 Å². The highest BCUT2D eigenvalue weighted by molar-refractivity contribution is 4.80. The van der Waals surface area contributed by atoms with Gasteiger partial charge in [0.05, 0.1) is 18.6 Å². The first kappa shape index (κ1) is 10.4. The molecule has 0 heterocycles. The molecule has 0 amide bonds. The molecule has 1 N–H and O–H groups in total. The van der Waals surface area contributed by atoms with E-state index in [4.69, 9.17) is 10.00 Å². The van der Waals surface area contributed by atoms with Crippen LogP contribution in [0.3, 0.4) is 0 Å². The highest BCUT2D eigenvalue weighted by Crippen LogP contribution is 1.90. The first-order valence-electron chi connectivity index (χ1n) is 3.82. The van der Waals surface area contributed by atoms with Crippen molar-refractivity contribution in [3.63, 3.8) is 0 Å². The summed E-state index contributed by atoms with van der Waals surface area (Å²) in [7, 11) is 1.67. The minimum Gasteiger partial charge on any atom is -0.383 e. The largest absolute Gasteiger partial charge is 0.383 e. The van der Waals surface area contributed by atoms with E-state index in [0.29, 0.717) is 12.6 Å². The Morgan fingerprint density at radius 2 is 2.18 bits per heavy atom. The minimum atomic E-state index is 0.0781. The molecule has 2 atom stereocenters. The second-order valence-corrected chi connectivity index (χ2v) is 2.79. The third-order valence-corrected chi connectivity index (χ3v) is 1.41. The smallest absolute Gasteiger partial charge is 0.0666 e. The van der Waals surface area contributed by atoms with E-state index < -0.39 is 0 Å². The maximum Gasteiger partial charge on any atom is 0.0666 e. The van der Waals surface area contributed by atoms with E-state index in [0.717, 1.165) is 6.54 Å². The Hall–Kier alpha value is -0.590. The van der Waals surface area contributed by atoms with Gasteiger partial charge in [-0.1, -0.05) is 0 Å². The van der Waals surface area contributed by atoms with E-state index >= 15 is 0 Å². The quantitative estimate of drug-likeness (QED) is 0.639. The SMILES string of the molecule is COCC(C)NCC(C)C#N. The summed E-state index contributed by atoms with van der Waals surface area (Å²) < 4.78 is 4.92. The zero-order valence-corrected chi connectivity index (χ0v) is 7.42. The van der Waals surface area contributed by atoms with Crippen LogP contribution in [0.5, 0.6) is 0 Å². The van der Waals surface area contributed by atoms with E-state index in [-0.39, 0.29) is 5.92 Å². The standard InChI is InChI=1S/C8H16N2O/c1-7(4-9)5-10-8(2)6-11-3/h7-8,10H,5-6H2,1-3H3. The summed E-state index contributed by atoms with van der Waals surface area (Å²) in [4.78, 5) is 0. The average molecular weight is 156 g/mol. The fourth-order valence-corrected chi connectivity index (χ4v) is 0.733. The molecule has 3 nitrogen and oxygen atoms in total. The minimum absolute atomic E-state index is 0.0781. The lowest BCUT2D eigenvalue weighted by Gasteiger charge is -2.12. The monoisotopic (exact) mass is 156 g/mol. The second kappa shape index (κ2) is 6.14. The van der Waals surface area contributed by atoms with Crippen molar-refractivity contribution in [2.45, 2.75) is 19.9 Å². The van der Waals surface area contributed by atoms with Gasteiger partial charge in [0.25, 0.3) is 0 Å². The van der Waals surface area contributed by atoms with Gasteiger partial charge in [-0.15, -0.1) is 0 Å². The molecular weight excluding hydrogens is 140 g/mol. The summed E-state index contributed by atoms with van der Waals surface area (Å²) in [6.07, 6.45) is 0. The molecule has 0 saturated carbocycles. The number of hydrogen-bond donors (Lipinski definition) is 1. The van der Waals surface area contributed by atoms with Crippen molar-refractivity contribution < 1.29 is 4.74 Å². The molecule has 0 aromatic carbocycles. The lowest BCUT2D eigenvalue weighted by atomic mass is 10.2. The van der Waals surface area contributed by atoms with Crippen LogP contribution in [-0.4, -0.2) is 26.3 Å². The fourth-order valence-electron chi connectivity index (χ4n) is 0.733. The third kappa shape index (κ3) is 5.84. The summed E-state index contributed by atoms with van der Waals surface area (Å²) in [5, 5.41) is 11.6. The lowest BCUT2D eigenvalue weighted by Crippen LogP contribution is -2.33. The molecule has 0 aromatic heterocycles. The van der Waals surface area contributed by atoms with Crippen molar-refractivity contribution in [3.8, 4) is 6.07 Å². The maximum atomic E-state index is 8.46. The third-order valence-electron chi connectivity index (χ3n) is 1.41. The van der Waals surface area contributed by atoms with Gasteiger partial charge in [0, 0.05) is 19.7 Å². The van der Waals surface area contributed by atoms with Crippen LogP contribution < -0.4 is 5.32 Å². The Bertz CT molecular complexity index is 131. The van der Waals surface area contributed by atoms with Gasteiger partial charge in [-0.05, 0) is 13.8 Å². The highest BCUT2D eigenvalue weighted by Gasteiger charge is 2.02. The molecule has 0 aromatic rings. The summed E-state index contributed by atoms with van der Waals surface area (Å²) in [5.41, 5.74) is 0. The van der Waals surface area contributed by atoms with Gasteiger partial charge < -0.3 is 10.1 Å². The first-order chi connectivity index (χ1) is 5.20. The molecule has 64 valence electrons. The summed E-state index contributed by atoms with van der Waals surface area (Å²) in [5.74, 6) is 0.0781. The zero-order valence-electron chi connectivity index (χ0n) is 7.42. The number of rotatable bonds is 5. The normalized spacial score (nSPS) is 15.5. The topological polar surface area (TPSA) is 45.0 Å². The Labute approximate surface area is 68.3 Å². The predicted molar refractivity (Wildman–Crippen MR) is 44.1 cm³/mol. The Kier molecular flexibility index (Phi) is 5.81. The van der Waals surface area contributed by atoms with Gasteiger partial charge in [0.15, 0.2) is 0 Å². The van der Waals surface area contributed by atoms with Crippen LogP contribution in [0.25, 0.3) is 0 Å². The predicted octanol–water partition coefficient (Wildman–Crippen LogP) is 0.771. The molecule has 3 heteroatoms. The molecule has 0 radical (unpaired) electrons. The fraction of sp³-hybridized carbons (Fsp3) is 0.875. The molecule has 0 aliphatic heterocycles. The van der Waals surface area contributed by atoms with E-state index in [1.54, 1.807) is 7.11 Å². The van der Waals surface area contributed by atoms with Crippen LogP contribution in [0.1, 0.15) is 13.8 Å². The number of nitrogens with one attached hydrogen (secondary N) is 1. The number of nitriles is 1. The van der Waals surface area contributed by atoms with Crippen LogP contribution in [0, 0.1) is 17.2 Å². The van der Waals surface area contributed by atoms with Crippen LogP contribution in [0.4, 0.5) is 0 Å². The van der Waals surface area contributed by atoms with E-state index in [9.17, 15) is 0 Å². The van der Waals surface area contributed by atoms with Crippen molar-refractivity contribution in [1.29, 1.82) is 5.26 Å². The number of hydrogen-bond acceptors (Lipinski definition) is 3. The average Bonchev–Trinajstić information content (AvgIpc) is 2.01. The van der Waals surface area contributed by atoms with Crippen LogP contribution in [-0.2, 0) is 4.74 Å². The summed E-state index contributed by atoms with van der Waals surface area (Å²) in [6, 6.07) is 2.49. The van der Waals surface area contributed by atoms with E-state index in [1.807, 2.05) is 13.8 Å². The van der Waals surface area contributed by atoms with Crippen molar-refractivity contribution >= 4 is 0 Å². The maximum absolute atomic E-state index is 8.46. The number of ether oxygens (including phenoxy) is 1. The van der Waals surface area contributed by atoms with E-state index in [1.165, 1.54) is 0 Å². The number of methoxy groups -OCH3 is 1. The second-order valence-electron chi connectivity index (χ2n) is 2.79. The molecule has 0 spiro atoms. The van der Waals surface area contributed by atoms with E-state index in [2.05, 4.69) is 11.4 Å². The lowest BCUT2D eigenvalue weighted by molar-refractivity contribution is 0.171. The van der Waals surface area contributed by atoms with Crippen molar-refractivity contribution in [2.75, 3.05) is 20.3 Å². The van der Waals surface area contributed by atoms with Gasteiger partial charge in [0.2, 0.25) is 0 Å². The first-order valence-corrected chi connectivity index (χ1v) is 3.82. The van der Waals surface area contributed by atoms with Crippen LogP contribution in [0.2, 0.25) is 0 Å². The summed E-state index contributed by atoms with van der Waals surface area (Å²) in [6.45, 7) is 5.36. The molecule has 0 saturated heterocycles. The van der Waals surface area contributed by atoms with Crippen molar-refractivity contribution in [1.82, 2.24) is 5.32 Å². The molecule has 0 bridgehead atoms.